The molecule has 2 heterocycles. The van der Waals surface area contributed by atoms with Crippen molar-refractivity contribution < 1.29 is 14.3 Å². The molecule has 1 unspecified atom stereocenters. The Balaban J connectivity index is 1.45. The van der Waals surface area contributed by atoms with Crippen molar-refractivity contribution in [3.63, 3.8) is 0 Å². The van der Waals surface area contributed by atoms with Gasteiger partial charge in [0.25, 0.3) is 5.91 Å². The van der Waals surface area contributed by atoms with Crippen LogP contribution in [-0.4, -0.2) is 46.6 Å². The van der Waals surface area contributed by atoms with Gasteiger partial charge in [0.1, 0.15) is 16.8 Å². The summed E-state index contributed by atoms with van der Waals surface area (Å²) in [5.41, 5.74) is 1.45. The first-order chi connectivity index (χ1) is 14.5. The van der Waals surface area contributed by atoms with Crippen LogP contribution in [0, 0.1) is 0 Å². The van der Waals surface area contributed by atoms with Crippen LogP contribution < -0.4 is 10.1 Å². The third kappa shape index (κ3) is 4.36. The largest absolute Gasteiger partial charge is 0.497 e. The SMILES string of the molecule is COc1ccc(C(=O)N2CCCC2C(=O)Nc2nnc(-c3cccc(Br)c3)s2)cc1. The molecule has 4 rings (SSSR count). The number of nitrogens with one attached hydrogen (secondary N) is 1. The zero-order valence-electron chi connectivity index (χ0n) is 16.2. The summed E-state index contributed by atoms with van der Waals surface area (Å²) in [5, 5.41) is 12.2. The average molecular weight is 487 g/mol. The van der Waals surface area contributed by atoms with Crippen molar-refractivity contribution in [2.24, 2.45) is 0 Å². The van der Waals surface area contributed by atoms with Gasteiger partial charge in [-0.2, -0.15) is 0 Å². The molecule has 0 spiro atoms. The summed E-state index contributed by atoms with van der Waals surface area (Å²) in [6.07, 6.45) is 1.39. The van der Waals surface area contributed by atoms with Crippen LogP contribution in [0.25, 0.3) is 10.6 Å². The van der Waals surface area contributed by atoms with E-state index in [2.05, 4.69) is 31.4 Å². The Bertz CT molecular complexity index is 1070. The molecule has 9 heteroatoms. The van der Waals surface area contributed by atoms with E-state index in [4.69, 9.17) is 4.74 Å². The Labute approximate surface area is 186 Å². The maximum absolute atomic E-state index is 12.9. The number of anilines is 1. The van der Waals surface area contributed by atoms with Crippen LogP contribution in [0.4, 0.5) is 5.13 Å². The monoisotopic (exact) mass is 486 g/mol. The van der Waals surface area contributed by atoms with Crippen LogP contribution >= 0.6 is 27.3 Å². The first kappa shape index (κ1) is 20.5. The molecule has 0 radical (unpaired) electrons. The van der Waals surface area contributed by atoms with Gasteiger partial charge in [-0.1, -0.05) is 39.4 Å². The lowest BCUT2D eigenvalue weighted by Gasteiger charge is -2.23. The van der Waals surface area contributed by atoms with E-state index in [-0.39, 0.29) is 11.8 Å². The molecule has 1 N–H and O–H groups in total. The fourth-order valence-corrected chi connectivity index (χ4v) is 4.52. The third-order valence-corrected chi connectivity index (χ3v) is 6.26. The van der Waals surface area contributed by atoms with E-state index in [0.29, 0.717) is 34.4 Å². The zero-order chi connectivity index (χ0) is 21.1. The molecule has 154 valence electrons. The van der Waals surface area contributed by atoms with Crippen LogP contribution in [0.15, 0.2) is 53.0 Å². The number of methoxy groups -OCH3 is 1. The molecule has 1 aliphatic heterocycles. The first-order valence-corrected chi connectivity index (χ1v) is 11.0. The van der Waals surface area contributed by atoms with Gasteiger partial charge in [-0.25, -0.2) is 0 Å². The smallest absolute Gasteiger partial charge is 0.254 e. The number of carbonyl (C=O) groups is 2. The lowest BCUT2D eigenvalue weighted by molar-refractivity contribution is -0.119. The van der Waals surface area contributed by atoms with Gasteiger partial charge in [-0.3, -0.25) is 14.9 Å². The number of likely N-dealkylation sites (tertiary alicyclic amines) is 1. The van der Waals surface area contributed by atoms with Crippen molar-refractivity contribution in [1.82, 2.24) is 15.1 Å². The van der Waals surface area contributed by atoms with Crippen molar-refractivity contribution in [2.75, 3.05) is 19.0 Å². The Morgan fingerprint density at radius 1 is 1.20 bits per heavy atom. The molecular formula is C21H19BrN4O3S. The van der Waals surface area contributed by atoms with E-state index >= 15 is 0 Å². The summed E-state index contributed by atoms with van der Waals surface area (Å²) >= 11 is 4.74. The Morgan fingerprint density at radius 3 is 2.73 bits per heavy atom. The van der Waals surface area contributed by atoms with E-state index in [9.17, 15) is 9.59 Å². The normalized spacial score (nSPS) is 15.8. The average Bonchev–Trinajstić information content (AvgIpc) is 3.43. The molecule has 0 saturated carbocycles. The molecule has 0 bridgehead atoms. The van der Waals surface area contributed by atoms with Gasteiger partial charge in [-0.05, 0) is 49.2 Å². The summed E-state index contributed by atoms with van der Waals surface area (Å²) in [4.78, 5) is 27.4. The molecular weight excluding hydrogens is 468 g/mol. The molecule has 2 amide bonds. The van der Waals surface area contributed by atoms with E-state index in [1.165, 1.54) is 11.3 Å². The Kier molecular flexibility index (Phi) is 6.10. The van der Waals surface area contributed by atoms with E-state index in [0.717, 1.165) is 16.5 Å². The Morgan fingerprint density at radius 2 is 2.00 bits per heavy atom. The highest BCUT2D eigenvalue weighted by Crippen LogP contribution is 2.29. The van der Waals surface area contributed by atoms with Gasteiger partial charge >= 0.3 is 0 Å². The van der Waals surface area contributed by atoms with Crippen molar-refractivity contribution >= 4 is 44.2 Å². The first-order valence-electron chi connectivity index (χ1n) is 9.40. The number of aromatic nitrogens is 2. The highest BCUT2D eigenvalue weighted by Gasteiger charge is 2.35. The van der Waals surface area contributed by atoms with Crippen LogP contribution in [0.1, 0.15) is 23.2 Å². The van der Waals surface area contributed by atoms with Gasteiger partial charge in [0, 0.05) is 22.1 Å². The highest BCUT2D eigenvalue weighted by atomic mass is 79.9. The number of benzene rings is 2. The van der Waals surface area contributed by atoms with Gasteiger partial charge < -0.3 is 9.64 Å². The Hall–Kier alpha value is -2.78. The minimum Gasteiger partial charge on any atom is -0.497 e. The van der Waals surface area contributed by atoms with Crippen molar-refractivity contribution in [1.29, 1.82) is 0 Å². The quantitative estimate of drug-likeness (QED) is 0.583. The van der Waals surface area contributed by atoms with Crippen LogP contribution in [0.2, 0.25) is 0 Å². The fraction of sp³-hybridized carbons (Fsp3) is 0.238. The van der Waals surface area contributed by atoms with Crippen LogP contribution in [-0.2, 0) is 4.79 Å². The number of halogens is 1. The second-order valence-electron chi connectivity index (χ2n) is 6.80. The molecule has 0 aliphatic carbocycles. The topological polar surface area (TPSA) is 84.4 Å². The molecule has 1 aliphatic rings. The van der Waals surface area contributed by atoms with Crippen molar-refractivity contribution in [3.8, 4) is 16.3 Å². The molecule has 3 aromatic rings. The lowest BCUT2D eigenvalue weighted by atomic mass is 10.1. The van der Waals surface area contributed by atoms with Gasteiger partial charge in [-0.15, -0.1) is 10.2 Å². The second-order valence-corrected chi connectivity index (χ2v) is 8.69. The van der Waals surface area contributed by atoms with Crippen LogP contribution in [0.3, 0.4) is 0 Å². The third-order valence-electron chi connectivity index (χ3n) is 4.88. The summed E-state index contributed by atoms with van der Waals surface area (Å²) < 4.78 is 6.08. The molecule has 1 aromatic heterocycles. The number of ether oxygens (including phenoxy) is 1. The molecule has 2 aromatic carbocycles. The predicted octanol–water partition coefficient (Wildman–Crippen LogP) is 4.22. The van der Waals surface area contributed by atoms with E-state index in [1.807, 2.05) is 24.3 Å². The van der Waals surface area contributed by atoms with Gasteiger partial charge in [0.05, 0.1) is 7.11 Å². The standard InChI is InChI=1S/C21H19BrN4O3S/c1-29-16-9-7-13(8-10-16)20(28)26-11-3-6-17(26)18(27)23-21-25-24-19(30-21)14-4-2-5-15(22)12-14/h2,4-5,7-10,12,17H,3,6,11H2,1H3,(H,23,25,27). The number of rotatable bonds is 5. The maximum Gasteiger partial charge on any atom is 0.254 e. The van der Waals surface area contributed by atoms with E-state index in [1.54, 1.807) is 36.3 Å². The lowest BCUT2D eigenvalue weighted by Crippen LogP contribution is -2.43. The van der Waals surface area contributed by atoms with Crippen molar-refractivity contribution in [3.05, 3.63) is 58.6 Å². The summed E-state index contributed by atoms with van der Waals surface area (Å²) in [5.74, 6) is 0.272. The number of nitrogens with zero attached hydrogens (tertiary/aromatic N) is 3. The number of amides is 2. The minimum atomic E-state index is -0.530. The van der Waals surface area contributed by atoms with Gasteiger partial charge in [0.2, 0.25) is 11.0 Å². The van der Waals surface area contributed by atoms with Crippen LogP contribution in [0.5, 0.6) is 5.75 Å². The summed E-state index contributed by atoms with van der Waals surface area (Å²) in [7, 11) is 1.58. The van der Waals surface area contributed by atoms with Crippen molar-refractivity contribution in [2.45, 2.75) is 18.9 Å². The number of hydrogen-bond acceptors (Lipinski definition) is 6. The second kappa shape index (κ2) is 8.93. The van der Waals surface area contributed by atoms with Gasteiger partial charge in [0.15, 0.2) is 0 Å². The van der Waals surface area contributed by atoms with E-state index < -0.39 is 6.04 Å². The fourth-order valence-electron chi connectivity index (χ4n) is 3.38. The molecule has 1 atom stereocenters. The molecule has 30 heavy (non-hydrogen) atoms. The highest BCUT2D eigenvalue weighted by molar-refractivity contribution is 9.10. The predicted molar refractivity (Wildman–Crippen MR) is 119 cm³/mol. The molecule has 1 saturated heterocycles. The summed E-state index contributed by atoms with van der Waals surface area (Å²) in [6.45, 7) is 0.544. The molecule has 1 fully saturated rings. The molecule has 7 nitrogen and oxygen atoms in total. The summed E-state index contributed by atoms with van der Waals surface area (Å²) in [6, 6.07) is 14.1. The zero-order valence-corrected chi connectivity index (χ0v) is 18.6. The number of carbonyl (C=O) groups excluding carboxylic acids is 2. The maximum atomic E-state index is 12.9. The number of hydrogen-bond donors (Lipinski definition) is 1. The minimum absolute atomic E-state index is 0.164.